The Hall–Kier alpha value is -0.860. The van der Waals surface area contributed by atoms with Gasteiger partial charge in [0.2, 0.25) is 0 Å². The van der Waals surface area contributed by atoms with Gasteiger partial charge in [0.25, 0.3) is 0 Å². The summed E-state index contributed by atoms with van der Waals surface area (Å²) in [6, 6.07) is 10.4. The van der Waals surface area contributed by atoms with E-state index in [-0.39, 0.29) is 0 Å². The van der Waals surface area contributed by atoms with E-state index in [1.54, 1.807) is 0 Å². The third-order valence-corrected chi connectivity index (χ3v) is 5.32. The molecule has 2 atom stereocenters. The van der Waals surface area contributed by atoms with Crippen molar-refractivity contribution in [3.63, 3.8) is 0 Å². The van der Waals surface area contributed by atoms with E-state index in [9.17, 15) is 0 Å². The van der Waals surface area contributed by atoms with Crippen molar-refractivity contribution in [1.82, 2.24) is 5.32 Å². The van der Waals surface area contributed by atoms with Crippen LogP contribution in [-0.4, -0.2) is 24.8 Å². The highest BCUT2D eigenvalue weighted by Gasteiger charge is 2.42. The van der Waals surface area contributed by atoms with Gasteiger partial charge in [-0.25, -0.2) is 0 Å². The molecule has 0 spiro atoms. The van der Waals surface area contributed by atoms with Crippen LogP contribution >= 0.6 is 0 Å². The molecule has 2 aliphatic carbocycles. The summed E-state index contributed by atoms with van der Waals surface area (Å²) in [5, 5.41) is 3.88. The summed E-state index contributed by atoms with van der Waals surface area (Å²) in [5.41, 5.74) is 2.92. The molecule has 1 aromatic rings. The average molecular weight is 271 g/mol. The number of rotatable bonds is 4. The van der Waals surface area contributed by atoms with Crippen molar-refractivity contribution >= 4 is 0 Å². The predicted octanol–water partition coefficient (Wildman–Crippen LogP) is 3.40. The molecule has 2 unspecified atom stereocenters. The van der Waals surface area contributed by atoms with Crippen LogP contribution in [0.3, 0.4) is 0 Å². The van der Waals surface area contributed by atoms with Gasteiger partial charge in [0.15, 0.2) is 0 Å². The minimum absolute atomic E-state index is 0.521. The molecule has 0 amide bonds. The van der Waals surface area contributed by atoms with E-state index in [4.69, 9.17) is 4.74 Å². The first-order valence-electron chi connectivity index (χ1n) is 8.24. The minimum atomic E-state index is 0.521. The third kappa shape index (κ3) is 2.51. The summed E-state index contributed by atoms with van der Waals surface area (Å²) < 4.78 is 5.92. The molecule has 1 heterocycles. The second kappa shape index (κ2) is 5.16. The van der Waals surface area contributed by atoms with E-state index < -0.39 is 0 Å². The molecule has 2 heteroatoms. The van der Waals surface area contributed by atoms with Crippen molar-refractivity contribution < 1.29 is 4.74 Å². The van der Waals surface area contributed by atoms with Crippen LogP contribution in [0.4, 0.5) is 0 Å². The molecule has 0 bridgehead atoms. The summed E-state index contributed by atoms with van der Waals surface area (Å²) in [6.07, 6.45) is 7.12. The molecule has 0 aromatic heterocycles. The normalized spacial score (nSPS) is 36.9. The Morgan fingerprint density at radius 3 is 2.75 bits per heavy atom. The van der Waals surface area contributed by atoms with Gasteiger partial charge in [-0.3, -0.25) is 0 Å². The summed E-state index contributed by atoms with van der Waals surface area (Å²) in [4.78, 5) is 0. The first-order chi connectivity index (χ1) is 9.79. The molecular weight excluding hydrogens is 246 g/mol. The second-order valence-corrected chi connectivity index (χ2v) is 7.01. The van der Waals surface area contributed by atoms with Crippen LogP contribution < -0.4 is 5.32 Å². The number of ether oxygens (including phenoxy) is 1. The standard InChI is InChI=1S/C18H25NO/c1-12-3-2-4-14(9-12)15-10-16(11-15)19-17-7-8-20-18(17)13-5-6-13/h2-4,9,13,15-19H,5-8,10-11H2,1H3. The van der Waals surface area contributed by atoms with Crippen molar-refractivity contribution in [3.05, 3.63) is 35.4 Å². The summed E-state index contributed by atoms with van der Waals surface area (Å²) in [7, 11) is 0. The zero-order chi connectivity index (χ0) is 13.5. The summed E-state index contributed by atoms with van der Waals surface area (Å²) >= 11 is 0. The summed E-state index contributed by atoms with van der Waals surface area (Å²) in [5.74, 6) is 1.64. The largest absolute Gasteiger partial charge is 0.376 e. The second-order valence-electron chi connectivity index (χ2n) is 7.01. The molecule has 2 nitrogen and oxygen atoms in total. The molecule has 1 aromatic carbocycles. The summed E-state index contributed by atoms with van der Waals surface area (Å²) in [6.45, 7) is 3.15. The molecule has 0 radical (unpaired) electrons. The van der Waals surface area contributed by atoms with Gasteiger partial charge in [-0.2, -0.15) is 0 Å². The van der Waals surface area contributed by atoms with Crippen LogP contribution in [0.1, 0.15) is 49.1 Å². The van der Waals surface area contributed by atoms with Crippen LogP contribution in [0, 0.1) is 12.8 Å². The molecular formula is C18H25NO. The van der Waals surface area contributed by atoms with Gasteiger partial charge in [-0.05, 0) is 56.4 Å². The third-order valence-electron chi connectivity index (χ3n) is 5.32. The highest BCUT2D eigenvalue weighted by molar-refractivity contribution is 5.27. The fourth-order valence-corrected chi connectivity index (χ4v) is 3.93. The molecule has 3 fully saturated rings. The van der Waals surface area contributed by atoms with Crippen molar-refractivity contribution in [2.45, 2.75) is 63.1 Å². The Kier molecular flexibility index (Phi) is 3.31. The van der Waals surface area contributed by atoms with Gasteiger partial charge >= 0.3 is 0 Å². The van der Waals surface area contributed by atoms with Gasteiger partial charge in [0.1, 0.15) is 0 Å². The first-order valence-corrected chi connectivity index (χ1v) is 8.24. The van der Waals surface area contributed by atoms with Crippen molar-refractivity contribution in [2.75, 3.05) is 6.61 Å². The maximum Gasteiger partial charge on any atom is 0.0757 e. The molecule has 4 rings (SSSR count). The molecule has 1 saturated heterocycles. The maximum atomic E-state index is 5.92. The Morgan fingerprint density at radius 1 is 1.15 bits per heavy atom. The molecule has 1 aliphatic heterocycles. The van der Waals surface area contributed by atoms with Crippen LogP contribution in [0.15, 0.2) is 24.3 Å². The van der Waals surface area contributed by atoms with Crippen LogP contribution in [0.5, 0.6) is 0 Å². The number of benzene rings is 1. The number of hydrogen-bond acceptors (Lipinski definition) is 2. The van der Waals surface area contributed by atoms with Crippen LogP contribution in [0.25, 0.3) is 0 Å². The Morgan fingerprint density at radius 2 is 2.00 bits per heavy atom. The number of hydrogen-bond donors (Lipinski definition) is 1. The van der Waals surface area contributed by atoms with Gasteiger partial charge in [0, 0.05) is 18.7 Å². The lowest BCUT2D eigenvalue weighted by Gasteiger charge is -2.39. The highest BCUT2D eigenvalue weighted by Crippen LogP contribution is 2.41. The quantitative estimate of drug-likeness (QED) is 0.906. The van der Waals surface area contributed by atoms with Crippen LogP contribution in [0.2, 0.25) is 0 Å². The monoisotopic (exact) mass is 271 g/mol. The average Bonchev–Trinajstić information content (AvgIpc) is 3.13. The van der Waals surface area contributed by atoms with Crippen molar-refractivity contribution in [1.29, 1.82) is 0 Å². The Labute approximate surface area is 121 Å². The lowest BCUT2D eigenvalue weighted by molar-refractivity contribution is 0.0749. The Balaban J connectivity index is 1.30. The van der Waals surface area contributed by atoms with Crippen molar-refractivity contribution in [2.24, 2.45) is 5.92 Å². The van der Waals surface area contributed by atoms with E-state index in [0.717, 1.165) is 18.4 Å². The molecule has 1 N–H and O–H groups in total. The van der Waals surface area contributed by atoms with E-state index in [2.05, 4.69) is 36.5 Å². The lowest BCUT2D eigenvalue weighted by atomic mass is 9.75. The maximum absolute atomic E-state index is 5.92. The van der Waals surface area contributed by atoms with Gasteiger partial charge in [0.05, 0.1) is 6.10 Å². The fourth-order valence-electron chi connectivity index (χ4n) is 3.93. The SMILES string of the molecule is Cc1cccc(C2CC(NC3CCOC3C3CC3)C2)c1. The molecule has 2 saturated carbocycles. The van der Waals surface area contributed by atoms with E-state index in [0.29, 0.717) is 18.2 Å². The predicted molar refractivity (Wildman–Crippen MR) is 80.9 cm³/mol. The molecule has 3 aliphatic rings. The van der Waals surface area contributed by atoms with Gasteiger partial charge in [-0.1, -0.05) is 29.8 Å². The smallest absolute Gasteiger partial charge is 0.0757 e. The molecule has 20 heavy (non-hydrogen) atoms. The zero-order valence-corrected chi connectivity index (χ0v) is 12.3. The van der Waals surface area contributed by atoms with Crippen LogP contribution in [-0.2, 0) is 4.74 Å². The van der Waals surface area contributed by atoms with Gasteiger partial charge < -0.3 is 10.1 Å². The highest BCUT2D eigenvalue weighted by atomic mass is 16.5. The fraction of sp³-hybridized carbons (Fsp3) is 0.667. The first kappa shape index (κ1) is 12.8. The minimum Gasteiger partial charge on any atom is -0.376 e. The van der Waals surface area contributed by atoms with Gasteiger partial charge in [-0.15, -0.1) is 0 Å². The zero-order valence-electron chi connectivity index (χ0n) is 12.3. The van der Waals surface area contributed by atoms with Crippen molar-refractivity contribution in [3.8, 4) is 0 Å². The lowest BCUT2D eigenvalue weighted by Crippen LogP contribution is -2.49. The number of aryl methyl sites for hydroxylation is 1. The van der Waals surface area contributed by atoms with E-state index in [1.807, 2.05) is 0 Å². The Bertz CT molecular complexity index is 476. The van der Waals surface area contributed by atoms with E-state index >= 15 is 0 Å². The topological polar surface area (TPSA) is 21.3 Å². The number of nitrogens with one attached hydrogen (secondary N) is 1. The molecule has 108 valence electrons. The van der Waals surface area contributed by atoms with E-state index in [1.165, 1.54) is 43.2 Å².